The highest BCUT2D eigenvalue weighted by Gasteiger charge is 2.25. The van der Waals surface area contributed by atoms with E-state index in [9.17, 15) is 13.2 Å². The summed E-state index contributed by atoms with van der Waals surface area (Å²) in [4.78, 5) is 15.2. The summed E-state index contributed by atoms with van der Waals surface area (Å²) in [5, 5.41) is 4.03. The van der Waals surface area contributed by atoms with Gasteiger partial charge in [0.15, 0.2) is 9.34 Å². The van der Waals surface area contributed by atoms with Crippen molar-refractivity contribution in [2.24, 2.45) is 0 Å². The SMILES string of the molecule is CC(=O)Nc1nc(C)c(S(=O)(=O)n2ccc3cc(Cl)ccc32)s1. The Hall–Kier alpha value is -1.90. The number of halogens is 1. The fourth-order valence-corrected chi connectivity index (χ4v) is 5.28. The van der Waals surface area contributed by atoms with E-state index in [1.807, 2.05) is 0 Å². The van der Waals surface area contributed by atoms with E-state index >= 15 is 0 Å². The standard InChI is InChI=1S/C14H12ClN3O3S2/c1-8-13(22-14(16-8)17-9(2)19)23(20,21)18-6-5-10-7-11(15)3-4-12(10)18/h3-7H,1-2H3,(H,16,17,19). The molecule has 23 heavy (non-hydrogen) atoms. The van der Waals surface area contributed by atoms with Gasteiger partial charge in [-0.1, -0.05) is 22.9 Å². The number of anilines is 1. The zero-order valence-electron chi connectivity index (χ0n) is 12.2. The first-order valence-corrected chi connectivity index (χ1v) is 9.19. The van der Waals surface area contributed by atoms with E-state index in [0.717, 1.165) is 16.7 Å². The van der Waals surface area contributed by atoms with E-state index in [0.29, 0.717) is 16.2 Å². The lowest BCUT2D eigenvalue weighted by Crippen LogP contribution is -2.11. The predicted molar refractivity (Wildman–Crippen MR) is 90.7 cm³/mol. The molecule has 0 unspecified atom stereocenters. The highest BCUT2D eigenvalue weighted by molar-refractivity contribution is 7.92. The van der Waals surface area contributed by atoms with Crippen LogP contribution in [0, 0.1) is 6.92 Å². The van der Waals surface area contributed by atoms with Gasteiger partial charge in [0, 0.05) is 23.5 Å². The number of aryl methyl sites for hydroxylation is 1. The van der Waals surface area contributed by atoms with Gasteiger partial charge in [-0.15, -0.1) is 0 Å². The number of amides is 1. The minimum absolute atomic E-state index is 0.0914. The van der Waals surface area contributed by atoms with Crippen LogP contribution in [0.3, 0.4) is 0 Å². The minimum Gasteiger partial charge on any atom is -0.302 e. The Balaban J connectivity index is 2.14. The van der Waals surface area contributed by atoms with Crippen LogP contribution >= 0.6 is 22.9 Å². The Bertz CT molecular complexity index is 1020. The predicted octanol–water partition coefficient (Wildman–Crippen LogP) is 3.26. The van der Waals surface area contributed by atoms with Crippen LogP contribution in [0.5, 0.6) is 0 Å². The number of hydrogen-bond donors (Lipinski definition) is 1. The first-order valence-electron chi connectivity index (χ1n) is 6.56. The molecule has 0 saturated carbocycles. The van der Waals surface area contributed by atoms with Crippen LogP contribution in [0.25, 0.3) is 10.9 Å². The normalized spacial score (nSPS) is 11.8. The molecule has 1 aromatic carbocycles. The van der Waals surface area contributed by atoms with Gasteiger partial charge in [0.2, 0.25) is 5.91 Å². The number of thiazole rings is 1. The van der Waals surface area contributed by atoms with Gasteiger partial charge in [-0.05, 0) is 31.2 Å². The van der Waals surface area contributed by atoms with Gasteiger partial charge in [-0.2, -0.15) is 8.42 Å². The third-order valence-electron chi connectivity index (χ3n) is 3.15. The fourth-order valence-electron chi connectivity index (χ4n) is 2.21. The third-order valence-corrected chi connectivity index (χ3v) is 6.73. The van der Waals surface area contributed by atoms with E-state index in [2.05, 4.69) is 10.3 Å². The van der Waals surface area contributed by atoms with Crippen LogP contribution in [0.15, 0.2) is 34.7 Å². The van der Waals surface area contributed by atoms with E-state index in [1.165, 1.54) is 17.1 Å². The van der Waals surface area contributed by atoms with Crippen LogP contribution in [0.2, 0.25) is 5.02 Å². The van der Waals surface area contributed by atoms with Crippen LogP contribution in [-0.2, 0) is 14.8 Å². The molecule has 1 amide bonds. The Morgan fingerprint density at radius 1 is 1.35 bits per heavy atom. The highest BCUT2D eigenvalue weighted by Crippen LogP contribution is 2.31. The molecular formula is C14H12ClN3O3S2. The largest absolute Gasteiger partial charge is 0.302 e. The molecule has 0 aliphatic carbocycles. The molecular weight excluding hydrogens is 358 g/mol. The topological polar surface area (TPSA) is 81.1 Å². The van der Waals surface area contributed by atoms with Gasteiger partial charge in [0.25, 0.3) is 10.0 Å². The summed E-state index contributed by atoms with van der Waals surface area (Å²) in [5.74, 6) is -0.302. The number of carbonyl (C=O) groups is 1. The van der Waals surface area contributed by atoms with E-state index in [-0.39, 0.29) is 15.2 Å². The van der Waals surface area contributed by atoms with Gasteiger partial charge in [-0.25, -0.2) is 8.96 Å². The number of fused-ring (bicyclic) bond motifs is 1. The zero-order chi connectivity index (χ0) is 16.8. The van der Waals surface area contributed by atoms with Crippen LogP contribution in [0.1, 0.15) is 12.6 Å². The number of benzene rings is 1. The highest BCUT2D eigenvalue weighted by atomic mass is 35.5. The monoisotopic (exact) mass is 369 g/mol. The quantitative estimate of drug-likeness (QED) is 0.768. The molecule has 0 saturated heterocycles. The Morgan fingerprint density at radius 2 is 2.09 bits per heavy atom. The molecule has 0 radical (unpaired) electrons. The van der Waals surface area contributed by atoms with E-state index in [1.54, 1.807) is 31.2 Å². The maximum Gasteiger partial charge on any atom is 0.279 e. The maximum atomic E-state index is 12.9. The summed E-state index contributed by atoms with van der Waals surface area (Å²) < 4.78 is 27.1. The molecule has 2 aromatic heterocycles. The number of hydrogen-bond acceptors (Lipinski definition) is 5. The number of rotatable bonds is 3. The number of nitrogens with zero attached hydrogens (tertiary/aromatic N) is 2. The molecule has 6 nitrogen and oxygen atoms in total. The summed E-state index contributed by atoms with van der Waals surface area (Å²) >= 11 is 6.86. The average Bonchev–Trinajstić information content (AvgIpc) is 3.01. The van der Waals surface area contributed by atoms with Crippen molar-refractivity contribution in [3.8, 4) is 0 Å². The van der Waals surface area contributed by atoms with E-state index < -0.39 is 10.0 Å². The van der Waals surface area contributed by atoms with Gasteiger partial charge < -0.3 is 5.32 Å². The van der Waals surface area contributed by atoms with Crippen molar-refractivity contribution in [3.63, 3.8) is 0 Å². The van der Waals surface area contributed by atoms with Crippen molar-refractivity contribution >= 4 is 54.9 Å². The molecule has 3 aromatic rings. The lowest BCUT2D eigenvalue weighted by molar-refractivity contribution is -0.114. The Morgan fingerprint density at radius 3 is 2.78 bits per heavy atom. The third kappa shape index (κ3) is 2.85. The first kappa shape index (κ1) is 16.0. The molecule has 0 spiro atoms. The second kappa shape index (κ2) is 5.63. The van der Waals surface area contributed by atoms with Gasteiger partial charge in [0.1, 0.15) is 0 Å². The lowest BCUT2D eigenvalue weighted by atomic mass is 10.2. The van der Waals surface area contributed by atoms with Crippen LogP contribution in [-0.4, -0.2) is 23.3 Å². The Labute approximate surface area is 141 Å². The van der Waals surface area contributed by atoms with Crippen molar-refractivity contribution in [2.75, 3.05) is 5.32 Å². The maximum absolute atomic E-state index is 12.9. The first-order chi connectivity index (χ1) is 10.8. The number of carbonyl (C=O) groups excluding carboxylic acids is 1. The molecule has 120 valence electrons. The van der Waals surface area contributed by atoms with Crippen molar-refractivity contribution < 1.29 is 13.2 Å². The van der Waals surface area contributed by atoms with Gasteiger partial charge in [0.05, 0.1) is 11.2 Å². The van der Waals surface area contributed by atoms with Gasteiger partial charge in [-0.3, -0.25) is 4.79 Å². The molecule has 1 N–H and O–H groups in total. The molecule has 0 bridgehead atoms. The van der Waals surface area contributed by atoms with Crippen molar-refractivity contribution in [2.45, 2.75) is 18.1 Å². The molecule has 9 heteroatoms. The number of nitrogens with one attached hydrogen (secondary N) is 1. The molecule has 2 heterocycles. The molecule has 0 aliphatic rings. The van der Waals surface area contributed by atoms with Crippen molar-refractivity contribution in [1.29, 1.82) is 0 Å². The minimum atomic E-state index is -3.80. The van der Waals surface area contributed by atoms with Crippen molar-refractivity contribution in [3.05, 3.63) is 41.2 Å². The van der Waals surface area contributed by atoms with Crippen LogP contribution in [0.4, 0.5) is 5.13 Å². The van der Waals surface area contributed by atoms with Crippen molar-refractivity contribution in [1.82, 2.24) is 8.96 Å². The van der Waals surface area contributed by atoms with E-state index in [4.69, 9.17) is 11.6 Å². The smallest absolute Gasteiger partial charge is 0.279 e. The molecule has 0 fully saturated rings. The summed E-state index contributed by atoms with van der Waals surface area (Å²) in [5.41, 5.74) is 0.873. The summed E-state index contributed by atoms with van der Waals surface area (Å²) in [6.45, 7) is 2.94. The Kier molecular flexibility index (Phi) is 3.91. The second-order valence-electron chi connectivity index (χ2n) is 4.89. The summed E-state index contributed by atoms with van der Waals surface area (Å²) in [6, 6.07) is 6.67. The molecule has 0 aliphatic heterocycles. The number of aromatic nitrogens is 2. The summed E-state index contributed by atoms with van der Waals surface area (Å²) in [7, 11) is -3.80. The molecule has 3 rings (SSSR count). The zero-order valence-corrected chi connectivity index (χ0v) is 14.6. The average molecular weight is 370 g/mol. The van der Waals surface area contributed by atoms with Gasteiger partial charge >= 0.3 is 0 Å². The molecule has 0 atom stereocenters. The second-order valence-corrected chi connectivity index (χ2v) is 8.34. The van der Waals surface area contributed by atoms with Crippen LogP contribution < -0.4 is 5.32 Å². The summed E-state index contributed by atoms with van der Waals surface area (Å²) in [6.07, 6.45) is 1.48. The fraction of sp³-hybridized carbons (Fsp3) is 0.143. The lowest BCUT2D eigenvalue weighted by Gasteiger charge is -2.06.